The molecule has 0 aromatic carbocycles. The summed E-state index contributed by atoms with van der Waals surface area (Å²) < 4.78 is 16.4. The van der Waals surface area contributed by atoms with E-state index in [0.29, 0.717) is 19.1 Å². The second-order valence-electron chi connectivity index (χ2n) is 3.68. The van der Waals surface area contributed by atoms with Gasteiger partial charge in [0.05, 0.1) is 6.61 Å². The Morgan fingerprint density at radius 1 is 1.31 bits per heavy atom. The van der Waals surface area contributed by atoms with Crippen LogP contribution in [0.3, 0.4) is 0 Å². The minimum Gasteiger partial charge on any atom is -0.475 e. The van der Waals surface area contributed by atoms with Crippen LogP contribution in [0.15, 0.2) is 24.4 Å². The normalized spacial score (nSPS) is 20.6. The van der Waals surface area contributed by atoms with E-state index >= 15 is 0 Å². The first-order chi connectivity index (χ1) is 7.95. The highest BCUT2D eigenvalue weighted by Gasteiger charge is 2.13. The van der Waals surface area contributed by atoms with Crippen molar-refractivity contribution < 1.29 is 14.2 Å². The topological polar surface area (TPSA) is 40.6 Å². The summed E-state index contributed by atoms with van der Waals surface area (Å²) in [6, 6.07) is 5.59. The number of aromatic nitrogens is 1. The van der Waals surface area contributed by atoms with E-state index in [-0.39, 0.29) is 6.29 Å². The third-order valence-electron chi connectivity index (χ3n) is 2.41. The van der Waals surface area contributed by atoms with Gasteiger partial charge in [0.15, 0.2) is 6.29 Å². The predicted molar refractivity (Wildman–Crippen MR) is 59.3 cm³/mol. The van der Waals surface area contributed by atoms with Gasteiger partial charge in [-0.15, -0.1) is 0 Å². The molecule has 0 N–H and O–H groups in total. The summed E-state index contributed by atoms with van der Waals surface area (Å²) in [4.78, 5) is 4.05. The van der Waals surface area contributed by atoms with Crippen LogP contribution >= 0.6 is 0 Å². The Hall–Kier alpha value is -1.13. The first-order valence-electron chi connectivity index (χ1n) is 5.72. The first-order valence-corrected chi connectivity index (χ1v) is 5.72. The molecule has 0 radical (unpaired) electrons. The summed E-state index contributed by atoms with van der Waals surface area (Å²) in [6.45, 7) is 1.86. The number of pyridine rings is 1. The average Bonchev–Trinajstić information content (AvgIpc) is 2.37. The van der Waals surface area contributed by atoms with E-state index in [2.05, 4.69) is 4.98 Å². The molecule has 2 rings (SSSR count). The quantitative estimate of drug-likeness (QED) is 0.716. The van der Waals surface area contributed by atoms with E-state index < -0.39 is 0 Å². The maximum absolute atomic E-state index is 5.53. The maximum Gasteiger partial charge on any atom is 0.213 e. The van der Waals surface area contributed by atoms with Crippen molar-refractivity contribution in [3.63, 3.8) is 0 Å². The molecule has 1 fully saturated rings. The molecular weight excluding hydrogens is 206 g/mol. The third-order valence-corrected chi connectivity index (χ3v) is 2.41. The van der Waals surface area contributed by atoms with Gasteiger partial charge in [-0.3, -0.25) is 0 Å². The van der Waals surface area contributed by atoms with Crippen LogP contribution in [0.4, 0.5) is 0 Å². The fraction of sp³-hybridized carbons (Fsp3) is 0.583. The SMILES string of the molecule is c1ccc(OCCOC2CCCCO2)nc1. The molecule has 88 valence electrons. The van der Waals surface area contributed by atoms with Gasteiger partial charge in [0, 0.05) is 18.9 Å². The number of hydrogen-bond donors (Lipinski definition) is 0. The fourth-order valence-electron chi connectivity index (χ4n) is 1.60. The van der Waals surface area contributed by atoms with E-state index in [1.165, 1.54) is 6.42 Å². The molecule has 1 aliphatic heterocycles. The molecule has 1 atom stereocenters. The smallest absolute Gasteiger partial charge is 0.213 e. The molecule has 1 unspecified atom stereocenters. The van der Waals surface area contributed by atoms with E-state index in [0.717, 1.165) is 19.4 Å². The highest BCUT2D eigenvalue weighted by atomic mass is 16.7. The van der Waals surface area contributed by atoms with Crippen molar-refractivity contribution in [2.45, 2.75) is 25.6 Å². The lowest BCUT2D eigenvalue weighted by Gasteiger charge is -2.22. The van der Waals surface area contributed by atoms with Gasteiger partial charge in [0.2, 0.25) is 5.88 Å². The summed E-state index contributed by atoms with van der Waals surface area (Å²) in [6.07, 6.45) is 4.99. The summed E-state index contributed by atoms with van der Waals surface area (Å²) in [5.41, 5.74) is 0. The van der Waals surface area contributed by atoms with E-state index in [1.807, 2.05) is 18.2 Å². The van der Waals surface area contributed by atoms with Gasteiger partial charge >= 0.3 is 0 Å². The molecule has 1 aromatic heterocycles. The van der Waals surface area contributed by atoms with Crippen molar-refractivity contribution in [1.29, 1.82) is 0 Å². The lowest BCUT2D eigenvalue weighted by Crippen LogP contribution is -2.24. The van der Waals surface area contributed by atoms with E-state index in [1.54, 1.807) is 6.20 Å². The zero-order valence-corrected chi connectivity index (χ0v) is 9.30. The van der Waals surface area contributed by atoms with Crippen molar-refractivity contribution in [1.82, 2.24) is 4.98 Å². The van der Waals surface area contributed by atoms with Crippen LogP contribution in [0.5, 0.6) is 5.88 Å². The molecule has 4 nitrogen and oxygen atoms in total. The monoisotopic (exact) mass is 223 g/mol. The Kier molecular flexibility index (Phi) is 4.58. The Bertz CT molecular complexity index is 286. The van der Waals surface area contributed by atoms with Crippen molar-refractivity contribution in [2.75, 3.05) is 19.8 Å². The summed E-state index contributed by atoms with van der Waals surface area (Å²) in [5.74, 6) is 0.635. The van der Waals surface area contributed by atoms with Crippen molar-refractivity contribution in [2.24, 2.45) is 0 Å². The molecule has 16 heavy (non-hydrogen) atoms. The molecule has 2 heterocycles. The second kappa shape index (κ2) is 6.45. The molecule has 0 saturated carbocycles. The van der Waals surface area contributed by atoms with Crippen LogP contribution < -0.4 is 4.74 Å². The van der Waals surface area contributed by atoms with Crippen LogP contribution in [-0.2, 0) is 9.47 Å². The van der Waals surface area contributed by atoms with Crippen LogP contribution in [0.2, 0.25) is 0 Å². The number of ether oxygens (including phenoxy) is 3. The van der Waals surface area contributed by atoms with Gasteiger partial charge in [0.25, 0.3) is 0 Å². The van der Waals surface area contributed by atoms with Gasteiger partial charge in [-0.05, 0) is 25.3 Å². The third kappa shape index (κ3) is 3.79. The van der Waals surface area contributed by atoms with Crippen LogP contribution in [0.25, 0.3) is 0 Å². The molecule has 0 amide bonds. The Morgan fingerprint density at radius 2 is 2.31 bits per heavy atom. The van der Waals surface area contributed by atoms with E-state index in [9.17, 15) is 0 Å². The summed E-state index contributed by atoms with van der Waals surface area (Å²) in [5, 5.41) is 0. The summed E-state index contributed by atoms with van der Waals surface area (Å²) in [7, 11) is 0. The zero-order valence-electron chi connectivity index (χ0n) is 9.30. The average molecular weight is 223 g/mol. The molecule has 0 spiro atoms. The first kappa shape index (κ1) is 11.4. The summed E-state index contributed by atoms with van der Waals surface area (Å²) >= 11 is 0. The van der Waals surface area contributed by atoms with Gasteiger partial charge in [-0.1, -0.05) is 6.07 Å². The molecular formula is C12H17NO3. The van der Waals surface area contributed by atoms with Crippen LogP contribution in [0.1, 0.15) is 19.3 Å². The Morgan fingerprint density at radius 3 is 3.06 bits per heavy atom. The number of rotatable bonds is 5. The van der Waals surface area contributed by atoms with Gasteiger partial charge in [0.1, 0.15) is 6.61 Å². The Labute approximate surface area is 95.5 Å². The highest BCUT2D eigenvalue weighted by Crippen LogP contribution is 2.13. The number of nitrogens with zero attached hydrogens (tertiary/aromatic N) is 1. The van der Waals surface area contributed by atoms with E-state index in [4.69, 9.17) is 14.2 Å². The van der Waals surface area contributed by atoms with Gasteiger partial charge < -0.3 is 14.2 Å². The van der Waals surface area contributed by atoms with Gasteiger partial charge in [-0.2, -0.15) is 0 Å². The van der Waals surface area contributed by atoms with Crippen molar-refractivity contribution >= 4 is 0 Å². The fourth-order valence-corrected chi connectivity index (χ4v) is 1.60. The van der Waals surface area contributed by atoms with Crippen molar-refractivity contribution in [3.05, 3.63) is 24.4 Å². The molecule has 1 saturated heterocycles. The maximum atomic E-state index is 5.53. The molecule has 0 aliphatic carbocycles. The molecule has 0 bridgehead atoms. The van der Waals surface area contributed by atoms with Crippen LogP contribution in [0, 0.1) is 0 Å². The zero-order chi connectivity index (χ0) is 11.1. The van der Waals surface area contributed by atoms with Crippen molar-refractivity contribution in [3.8, 4) is 5.88 Å². The standard InChI is InChI=1S/C12H17NO3/c1-3-7-13-11(5-1)14-9-10-16-12-6-2-4-8-15-12/h1,3,5,7,12H,2,4,6,8-10H2. The largest absolute Gasteiger partial charge is 0.475 e. The second-order valence-corrected chi connectivity index (χ2v) is 3.68. The molecule has 1 aromatic rings. The van der Waals surface area contributed by atoms with Crippen LogP contribution in [-0.4, -0.2) is 31.1 Å². The predicted octanol–water partition coefficient (Wildman–Crippen LogP) is 2.00. The minimum atomic E-state index is -0.0407. The van der Waals surface area contributed by atoms with Gasteiger partial charge in [-0.25, -0.2) is 4.98 Å². The molecule has 4 heteroatoms. The number of hydrogen-bond acceptors (Lipinski definition) is 4. The highest BCUT2D eigenvalue weighted by molar-refractivity contribution is 5.08. The molecule has 1 aliphatic rings. The lowest BCUT2D eigenvalue weighted by molar-refractivity contribution is -0.165. The lowest BCUT2D eigenvalue weighted by atomic mass is 10.2. The Balaban J connectivity index is 1.58. The minimum absolute atomic E-state index is 0.0407.